The second kappa shape index (κ2) is 6.14. The third-order valence-electron chi connectivity index (χ3n) is 4.95. The average molecular weight is 314 g/mol. The molecule has 0 bridgehead atoms. The third-order valence-corrected chi connectivity index (χ3v) is 4.95. The molecule has 0 saturated carbocycles. The van der Waals surface area contributed by atoms with Crippen molar-refractivity contribution in [3.05, 3.63) is 35.4 Å². The average Bonchev–Trinajstić information content (AvgIpc) is 2.85. The molecule has 3 rings (SSSR count). The molecule has 2 atom stereocenters. The minimum absolute atomic E-state index is 0.119. The zero-order valence-corrected chi connectivity index (χ0v) is 13.6. The van der Waals surface area contributed by atoms with Gasteiger partial charge >= 0.3 is 0 Å². The first-order chi connectivity index (χ1) is 11.1. The van der Waals surface area contributed by atoms with Gasteiger partial charge in [-0.2, -0.15) is 0 Å². The number of hydrogen-bond acceptors (Lipinski definition) is 3. The highest BCUT2D eigenvalue weighted by molar-refractivity contribution is 6.22. The van der Waals surface area contributed by atoms with Crippen LogP contribution in [0.1, 0.15) is 60.2 Å². The zero-order chi connectivity index (χ0) is 16.6. The Morgan fingerprint density at radius 2 is 1.78 bits per heavy atom. The van der Waals surface area contributed by atoms with E-state index in [9.17, 15) is 14.4 Å². The zero-order valence-electron chi connectivity index (χ0n) is 13.6. The van der Waals surface area contributed by atoms with E-state index in [2.05, 4.69) is 6.92 Å². The SMILES string of the molecule is CCC1CCCCN1C(=O)C(C)N1C(=O)c2ccccc2C1=O. The Kier molecular flexibility index (Phi) is 4.20. The number of carbonyl (C=O) groups excluding carboxylic acids is 3. The summed E-state index contributed by atoms with van der Waals surface area (Å²) in [6, 6.07) is 6.21. The van der Waals surface area contributed by atoms with Gasteiger partial charge in [-0.25, -0.2) is 0 Å². The molecule has 0 radical (unpaired) electrons. The molecule has 23 heavy (non-hydrogen) atoms. The van der Waals surface area contributed by atoms with Crippen molar-refractivity contribution in [2.24, 2.45) is 0 Å². The van der Waals surface area contributed by atoms with Crippen molar-refractivity contribution in [2.45, 2.75) is 51.6 Å². The van der Waals surface area contributed by atoms with Crippen LogP contribution in [0.15, 0.2) is 24.3 Å². The highest BCUT2D eigenvalue weighted by Gasteiger charge is 2.42. The van der Waals surface area contributed by atoms with Crippen molar-refractivity contribution < 1.29 is 14.4 Å². The fourth-order valence-electron chi connectivity index (χ4n) is 3.63. The molecule has 1 aromatic rings. The van der Waals surface area contributed by atoms with E-state index < -0.39 is 6.04 Å². The van der Waals surface area contributed by atoms with Crippen molar-refractivity contribution in [3.63, 3.8) is 0 Å². The van der Waals surface area contributed by atoms with E-state index in [0.717, 1.165) is 30.6 Å². The van der Waals surface area contributed by atoms with E-state index in [1.807, 2.05) is 4.90 Å². The van der Waals surface area contributed by atoms with Crippen molar-refractivity contribution in [1.29, 1.82) is 0 Å². The van der Waals surface area contributed by atoms with E-state index in [4.69, 9.17) is 0 Å². The highest BCUT2D eigenvalue weighted by Crippen LogP contribution is 2.27. The van der Waals surface area contributed by atoms with Gasteiger partial charge in [0, 0.05) is 12.6 Å². The number of fused-ring (bicyclic) bond motifs is 1. The van der Waals surface area contributed by atoms with Gasteiger partial charge in [0.1, 0.15) is 6.04 Å². The summed E-state index contributed by atoms with van der Waals surface area (Å²) in [5.74, 6) is -0.848. The number of amides is 3. The lowest BCUT2D eigenvalue weighted by Crippen LogP contribution is -2.53. The minimum atomic E-state index is -0.755. The van der Waals surface area contributed by atoms with Gasteiger partial charge in [-0.1, -0.05) is 19.1 Å². The Labute approximate surface area is 136 Å². The van der Waals surface area contributed by atoms with Gasteiger partial charge in [-0.05, 0) is 44.7 Å². The van der Waals surface area contributed by atoms with Crippen LogP contribution < -0.4 is 0 Å². The molecule has 2 heterocycles. The van der Waals surface area contributed by atoms with Crippen LogP contribution >= 0.6 is 0 Å². The normalized spacial score (nSPS) is 22.3. The van der Waals surface area contributed by atoms with Gasteiger partial charge in [-0.15, -0.1) is 0 Å². The van der Waals surface area contributed by atoms with Gasteiger partial charge in [-0.3, -0.25) is 19.3 Å². The van der Waals surface area contributed by atoms with Crippen LogP contribution in [0.3, 0.4) is 0 Å². The molecule has 2 aliphatic heterocycles. The van der Waals surface area contributed by atoms with Gasteiger partial charge in [0.05, 0.1) is 11.1 Å². The molecule has 1 saturated heterocycles. The number of carbonyl (C=O) groups is 3. The Morgan fingerprint density at radius 3 is 2.35 bits per heavy atom. The van der Waals surface area contributed by atoms with Crippen LogP contribution in [0.4, 0.5) is 0 Å². The molecule has 0 N–H and O–H groups in total. The molecule has 0 aliphatic carbocycles. The van der Waals surface area contributed by atoms with Gasteiger partial charge in [0.25, 0.3) is 11.8 Å². The molecule has 3 amide bonds. The van der Waals surface area contributed by atoms with Crippen LogP contribution in [0.2, 0.25) is 0 Å². The van der Waals surface area contributed by atoms with Crippen molar-refractivity contribution in [3.8, 4) is 0 Å². The Hall–Kier alpha value is -2.17. The number of nitrogens with zero attached hydrogens (tertiary/aromatic N) is 2. The summed E-state index contributed by atoms with van der Waals surface area (Å²) in [5.41, 5.74) is 0.783. The molecule has 0 spiro atoms. The summed E-state index contributed by atoms with van der Waals surface area (Å²) in [4.78, 5) is 40.9. The van der Waals surface area contributed by atoms with E-state index >= 15 is 0 Å². The van der Waals surface area contributed by atoms with E-state index in [1.165, 1.54) is 0 Å². The topological polar surface area (TPSA) is 57.7 Å². The van der Waals surface area contributed by atoms with Crippen LogP contribution in [0.25, 0.3) is 0 Å². The molecule has 2 aliphatic rings. The molecule has 2 unspecified atom stereocenters. The predicted molar refractivity (Wildman–Crippen MR) is 86.0 cm³/mol. The molecule has 5 heteroatoms. The fourth-order valence-corrected chi connectivity index (χ4v) is 3.63. The largest absolute Gasteiger partial charge is 0.338 e. The Bertz CT molecular complexity index is 620. The second-order valence-electron chi connectivity index (χ2n) is 6.29. The number of likely N-dealkylation sites (tertiary alicyclic amines) is 1. The maximum absolute atomic E-state index is 12.9. The lowest BCUT2D eigenvalue weighted by Gasteiger charge is -2.38. The van der Waals surface area contributed by atoms with Crippen LogP contribution in [0.5, 0.6) is 0 Å². The first kappa shape index (κ1) is 15.7. The standard InChI is InChI=1S/C18H22N2O3/c1-3-13-8-6-7-11-19(13)16(21)12(2)20-17(22)14-9-4-5-10-15(14)18(20)23/h4-5,9-10,12-13H,3,6-8,11H2,1-2H3. The van der Waals surface area contributed by atoms with Crippen molar-refractivity contribution in [1.82, 2.24) is 9.80 Å². The Morgan fingerprint density at radius 1 is 1.17 bits per heavy atom. The molecular formula is C18H22N2O3. The van der Waals surface area contributed by atoms with E-state index in [-0.39, 0.29) is 23.8 Å². The molecule has 5 nitrogen and oxygen atoms in total. The first-order valence-corrected chi connectivity index (χ1v) is 8.33. The van der Waals surface area contributed by atoms with Gasteiger partial charge in [0.2, 0.25) is 5.91 Å². The molecule has 1 fully saturated rings. The molecule has 1 aromatic carbocycles. The summed E-state index contributed by atoms with van der Waals surface area (Å²) in [6.07, 6.45) is 4.01. The monoisotopic (exact) mass is 314 g/mol. The maximum Gasteiger partial charge on any atom is 0.262 e. The van der Waals surface area contributed by atoms with Crippen LogP contribution in [0, 0.1) is 0 Å². The number of rotatable bonds is 3. The second-order valence-corrected chi connectivity index (χ2v) is 6.29. The quantitative estimate of drug-likeness (QED) is 0.805. The fraction of sp³-hybridized carbons (Fsp3) is 0.500. The van der Waals surface area contributed by atoms with Crippen LogP contribution in [-0.4, -0.2) is 46.1 Å². The van der Waals surface area contributed by atoms with Crippen LogP contribution in [-0.2, 0) is 4.79 Å². The molecule has 122 valence electrons. The summed E-state index contributed by atoms with van der Waals surface area (Å²) >= 11 is 0. The maximum atomic E-state index is 12.9. The third kappa shape index (κ3) is 2.54. The lowest BCUT2D eigenvalue weighted by molar-refractivity contribution is -0.138. The summed E-state index contributed by atoms with van der Waals surface area (Å²) in [5, 5.41) is 0. The minimum Gasteiger partial charge on any atom is -0.338 e. The van der Waals surface area contributed by atoms with E-state index in [1.54, 1.807) is 31.2 Å². The van der Waals surface area contributed by atoms with E-state index in [0.29, 0.717) is 17.7 Å². The summed E-state index contributed by atoms with van der Waals surface area (Å²) in [7, 11) is 0. The number of hydrogen-bond donors (Lipinski definition) is 0. The Balaban J connectivity index is 1.83. The van der Waals surface area contributed by atoms with Gasteiger partial charge < -0.3 is 4.90 Å². The van der Waals surface area contributed by atoms with Crippen molar-refractivity contribution >= 4 is 17.7 Å². The number of piperidine rings is 1. The molecular weight excluding hydrogens is 292 g/mol. The summed E-state index contributed by atoms with van der Waals surface area (Å²) < 4.78 is 0. The van der Waals surface area contributed by atoms with Gasteiger partial charge in [0.15, 0.2) is 0 Å². The molecule has 0 aromatic heterocycles. The van der Waals surface area contributed by atoms with Crippen molar-refractivity contribution in [2.75, 3.05) is 6.54 Å². The summed E-state index contributed by atoms with van der Waals surface area (Å²) in [6.45, 7) is 4.44. The predicted octanol–water partition coefficient (Wildman–Crippen LogP) is 2.46. The smallest absolute Gasteiger partial charge is 0.262 e. The highest BCUT2D eigenvalue weighted by atomic mass is 16.2. The number of imide groups is 1. The first-order valence-electron chi connectivity index (χ1n) is 8.33. The lowest BCUT2D eigenvalue weighted by atomic mass is 9.99. The number of benzene rings is 1.